The van der Waals surface area contributed by atoms with Crippen molar-refractivity contribution >= 4 is 5.82 Å². The molecule has 1 aliphatic rings. The SMILES string of the molecule is Cc1cc(CN)cnc1N1CCC(OCCO)CC1. The van der Waals surface area contributed by atoms with E-state index in [0.29, 0.717) is 13.2 Å². The molecule has 1 fully saturated rings. The number of pyridine rings is 1. The van der Waals surface area contributed by atoms with E-state index in [9.17, 15) is 0 Å². The van der Waals surface area contributed by atoms with E-state index in [1.165, 1.54) is 5.56 Å². The van der Waals surface area contributed by atoms with E-state index in [0.717, 1.165) is 37.3 Å². The fourth-order valence-corrected chi connectivity index (χ4v) is 2.52. The molecule has 0 unspecified atom stereocenters. The van der Waals surface area contributed by atoms with Gasteiger partial charge in [-0.1, -0.05) is 0 Å². The maximum absolute atomic E-state index is 8.76. The zero-order valence-corrected chi connectivity index (χ0v) is 11.5. The molecule has 19 heavy (non-hydrogen) atoms. The Kier molecular flexibility index (Phi) is 5.13. The Morgan fingerprint density at radius 3 is 2.79 bits per heavy atom. The minimum Gasteiger partial charge on any atom is -0.394 e. The summed E-state index contributed by atoms with van der Waals surface area (Å²) in [5.41, 5.74) is 7.87. The molecule has 1 aromatic heterocycles. The fourth-order valence-electron chi connectivity index (χ4n) is 2.52. The van der Waals surface area contributed by atoms with E-state index < -0.39 is 0 Å². The number of aliphatic hydroxyl groups is 1. The van der Waals surface area contributed by atoms with Crippen molar-refractivity contribution in [2.75, 3.05) is 31.2 Å². The van der Waals surface area contributed by atoms with Crippen molar-refractivity contribution in [2.45, 2.75) is 32.4 Å². The maximum atomic E-state index is 8.76. The molecule has 2 rings (SSSR count). The van der Waals surface area contributed by atoms with Gasteiger partial charge in [0.15, 0.2) is 0 Å². The van der Waals surface area contributed by atoms with Crippen molar-refractivity contribution in [3.05, 3.63) is 23.4 Å². The predicted molar refractivity (Wildman–Crippen MR) is 75.1 cm³/mol. The number of nitrogens with zero attached hydrogens (tertiary/aromatic N) is 2. The average molecular weight is 265 g/mol. The number of aromatic nitrogens is 1. The van der Waals surface area contributed by atoms with E-state index in [1.807, 2.05) is 6.20 Å². The van der Waals surface area contributed by atoms with Gasteiger partial charge in [-0.3, -0.25) is 0 Å². The van der Waals surface area contributed by atoms with Crippen molar-refractivity contribution in [1.82, 2.24) is 4.98 Å². The molecule has 0 amide bonds. The Balaban J connectivity index is 1.94. The van der Waals surface area contributed by atoms with Crippen LogP contribution in [0.3, 0.4) is 0 Å². The van der Waals surface area contributed by atoms with E-state index in [1.54, 1.807) is 0 Å². The molecule has 1 saturated heterocycles. The summed E-state index contributed by atoms with van der Waals surface area (Å²) < 4.78 is 5.57. The van der Waals surface area contributed by atoms with Gasteiger partial charge in [0.25, 0.3) is 0 Å². The predicted octanol–water partition coefficient (Wildman–Crippen LogP) is 0.826. The van der Waals surface area contributed by atoms with Gasteiger partial charge in [-0.25, -0.2) is 4.98 Å². The third kappa shape index (κ3) is 3.65. The lowest BCUT2D eigenvalue weighted by Crippen LogP contribution is -2.38. The van der Waals surface area contributed by atoms with Crippen molar-refractivity contribution < 1.29 is 9.84 Å². The molecular formula is C14H23N3O2. The number of hydrogen-bond donors (Lipinski definition) is 2. The highest BCUT2D eigenvalue weighted by molar-refractivity contribution is 5.47. The van der Waals surface area contributed by atoms with Crippen LogP contribution in [0.15, 0.2) is 12.3 Å². The lowest BCUT2D eigenvalue weighted by molar-refractivity contribution is 0.0158. The Morgan fingerprint density at radius 1 is 1.47 bits per heavy atom. The Hall–Kier alpha value is -1.17. The summed E-state index contributed by atoms with van der Waals surface area (Å²) in [7, 11) is 0. The molecule has 1 aliphatic heterocycles. The van der Waals surface area contributed by atoms with Gasteiger partial charge in [-0.05, 0) is 37.0 Å². The number of anilines is 1. The highest BCUT2D eigenvalue weighted by Gasteiger charge is 2.21. The Morgan fingerprint density at radius 2 is 2.21 bits per heavy atom. The minimum atomic E-state index is 0.0986. The van der Waals surface area contributed by atoms with Crippen molar-refractivity contribution in [1.29, 1.82) is 0 Å². The molecule has 0 atom stereocenters. The first-order chi connectivity index (χ1) is 9.24. The number of piperidine rings is 1. The lowest BCUT2D eigenvalue weighted by Gasteiger charge is -2.33. The normalized spacial score (nSPS) is 16.9. The van der Waals surface area contributed by atoms with Gasteiger partial charge in [-0.15, -0.1) is 0 Å². The third-order valence-corrected chi connectivity index (χ3v) is 3.53. The van der Waals surface area contributed by atoms with E-state index in [4.69, 9.17) is 15.6 Å². The topological polar surface area (TPSA) is 71.6 Å². The first-order valence-electron chi connectivity index (χ1n) is 6.87. The van der Waals surface area contributed by atoms with Gasteiger partial charge in [0, 0.05) is 25.8 Å². The third-order valence-electron chi connectivity index (χ3n) is 3.53. The number of nitrogens with two attached hydrogens (primary N) is 1. The summed E-state index contributed by atoms with van der Waals surface area (Å²) in [4.78, 5) is 6.83. The highest BCUT2D eigenvalue weighted by atomic mass is 16.5. The number of ether oxygens (including phenoxy) is 1. The maximum Gasteiger partial charge on any atom is 0.131 e. The number of aryl methyl sites for hydroxylation is 1. The minimum absolute atomic E-state index is 0.0986. The molecule has 5 heteroatoms. The van der Waals surface area contributed by atoms with Crippen LogP contribution in [-0.4, -0.2) is 42.5 Å². The lowest BCUT2D eigenvalue weighted by atomic mass is 10.1. The molecule has 5 nitrogen and oxygen atoms in total. The number of hydrogen-bond acceptors (Lipinski definition) is 5. The molecule has 3 N–H and O–H groups in total. The second-order valence-electron chi connectivity index (χ2n) is 4.97. The summed E-state index contributed by atoms with van der Waals surface area (Å²) in [6, 6.07) is 2.11. The molecule has 0 radical (unpaired) electrons. The van der Waals surface area contributed by atoms with Crippen molar-refractivity contribution in [3.8, 4) is 0 Å². The molecule has 0 aliphatic carbocycles. The van der Waals surface area contributed by atoms with Gasteiger partial charge in [0.1, 0.15) is 5.82 Å². The van der Waals surface area contributed by atoms with E-state index in [-0.39, 0.29) is 12.7 Å². The van der Waals surface area contributed by atoms with Crippen LogP contribution in [0, 0.1) is 6.92 Å². The Labute approximate surface area is 114 Å². The zero-order chi connectivity index (χ0) is 13.7. The first kappa shape index (κ1) is 14.2. The molecule has 0 spiro atoms. The highest BCUT2D eigenvalue weighted by Crippen LogP contribution is 2.23. The summed E-state index contributed by atoms with van der Waals surface area (Å²) in [6.07, 6.45) is 4.10. The number of rotatable bonds is 5. The first-order valence-corrected chi connectivity index (χ1v) is 6.87. The van der Waals surface area contributed by atoms with Crippen LogP contribution >= 0.6 is 0 Å². The monoisotopic (exact) mass is 265 g/mol. The zero-order valence-electron chi connectivity index (χ0n) is 11.5. The summed E-state index contributed by atoms with van der Waals surface area (Å²) in [5.74, 6) is 1.05. The summed E-state index contributed by atoms with van der Waals surface area (Å²) in [5, 5.41) is 8.76. The molecule has 2 heterocycles. The van der Waals surface area contributed by atoms with Crippen LogP contribution in [0.2, 0.25) is 0 Å². The van der Waals surface area contributed by atoms with Crippen LogP contribution in [0.5, 0.6) is 0 Å². The second kappa shape index (κ2) is 6.84. The standard InChI is InChI=1S/C14H23N3O2/c1-11-8-12(9-15)10-16-14(11)17-4-2-13(3-5-17)19-7-6-18/h8,10,13,18H,2-7,9,15H2,1H3. The van der Waals surface area contributed by atoms with Gasteiger partial charge in [0.05, 0.1) is 19.3 Å². The fraction of sp³-hybridized carbons (Fsp3) is 0.643. The quantitative estimate of drug-likeness (QED) is 0.825. The van der Waals surface area contributed by atoms with E-state index >= 15 is 0 Å². The van der Waals surface area contributed by atoms with Crippen LogP contribution in [-0.2, 0) is 11.3 Å². The molecule has 0 aromatic carbocycles. The van der Waals surface area contributed by atoms with Gasteiger partial charge in [0.2, 0.25) is 0 Å². The molecule has 1 aromatic rings. The smallest absolute Gasteiger partial charge is 0.131 e. The summed E-state index contributed by atoms with van der Waals surface area (Å²) >= 11 is 0. The average Bonchev–Trinajstić information content (AvgIpc) is 2.45. The van der Waals surface area contributed by atoms with Crippen LogP contribution in [0.4, 0.5) is 5.82 Å². The van der Waals surface area contributed by atoms with Crippen LogP contribution in [0.25, 0.3) is 0 Å². The summed E-state index contributed by atoms with van der Waals surface area (Å²) in [6.45, 7) is 5.05. The van der Waals surface area contributed by atoms with Gasteiger partial charge in [-0.2, -0.15) is 0 Å². The van der Waals surface area contributed by atoms with Crippen LogP contribution < -0.4 is 10.6 Å². The Bertz CT molecular complexity index is 404. The molecule has 0 bridgehead atoms. The second-order valence-corrected chi connectivity index (χ2v) is 4.97. The van der Waals surface area contributed by atoms with Crippen molar-refractivity contribution in [2.24, 2.45) is 5.73 Å². The van der Waals surface area contributed by atoms with Crippen molar-refractivity contribution in [3.63, 3.8) is 0 Å². The molecule has 0 saturated carbocycles. The van der Waals surface area contributed by atoms with Gasteiger partial charge < -0.3 is 20.5 Å². The van der Waals surface area contributed by atoms with Crippen LogP contribution in [0.1, 0.15) is 24.0 Å². The largest absolute Gasteiger partial charge is 0.394 e. The number of aliphatic hydroxyl groups excluding tert-OH is 1. The molecule has 106 valence electrons. The van der Waals surface area contributed by atoms with Gasteiger partial charge >= 0.3 is 0 Å². The molecular weight excluding hydrogens is 242 g/mol. The van der Waals surface area contributed by atoms with E-state index in [2.05, 4.69) is 22.9 Å².